The minimum atomic E-state index is 0.268. The van der Waals surface area contributed by atoms with E-state index in [0.29, 0.717) is 5.82 Å². The summed E-state index contributed by atoms with van der Waals surface area (Å²) >= 11 is 1.52. The molecular weight excluding hydrogens is 252 g/mol. The van der Waals surface area contributed by atoms with Crippen LogP contribution in [-0.4, -0.2) is 26.6 Å². The van der Waals surface area contributed by atoms with Gasteiger partial charge in [-0.1, -0.05) is 11.3 Å². The Morgan fingerprint density at radius 2 is 2.11 bits per heavy atom. The van der Waals surface area contributed by atoms with E-state index < -0.39 is 0 Å². The molecule has 0 atom stereocenters. The van der Waals surface area contributed by atoms with Crippen LogP contribution in [0, 0.1) is 6.92 Å². The molecule has 1 aromatic carbocycles. The predicted octanol–water partition coefficient (Wildman–Crippen LogP) is 1.89. The summed E-state index contributed by atoms with van der Waals surface area (Å²) in [5.74, 6) is 2.21. The van der Waals surface area contributed by atoms with Gasteiger partial charge in [0.2, 0.25) is 11.8 Å². The Balaban J connectivity index is 1.91. The Bertz CT molecular complexity index is 749. The van der Waals surface area contributed by atoms with E-state index in [9.17, 15) is 0 Å². The fourth-order valence-electron chi connectivity index (χ4n) is 1.93. The van der Waals surface area contributed by atoms with Crippen LogP contribution in [0.4, 0.5) is 0 Å². The van der Waals surface area contributed by atoms with Gasteiger partial charge in [0.15, 0.2) is 17.3 Å². The van der Waals surface area contributed by atoms with Gasteiger partial charge in [-0.2, -0.15) is 9.61 Å². The van der Waals surface area contributed by atoms with Crippen LogP contribution in [0.25, 0.3) is 16.3 Å². The topological polar surface area (TPSA) is 61.5 Å². The fourth-order valence-corrected chi connectivity index (χ4v) is 2.61. The molecule has 18 heavy (non-hydrogen) atoms. The molecule has 90 valence electrons. The smallest absolute Gasteiger partial charge is 0.234 e. The number of benzene rings is 1. The monoisotopic (exact) mass is 260 g/mol. The molecule has 4 rings (SSSR count). The third kappa shape index (κ3) is 1.31. The third-order valence-electron chi connectivity index (χ3n) is 2.72. The van der Waals surface area contributed by atoms with Gasteiger partial charge in [-0.15, -0.1) is 10.2 Å². The first-order valence-corrected chi connectivity index (χ1v) is 6.22. The summed E-state index contributed by atoms with van der Waals surface area (Å²) in [7, 11) is 0. The number of aromatic nitrogens is 4. The van der Waals surface area contributed by atoms with Gasteiger partial charge < -0.3 is 9.47 Å². The molecule has 0 unspecified atom stereocenters. The summed E-state index contributed by atoms with van der Waals surface area (Å²) in [6.45, 7) is 2.21. The van der Waals surface area contributed by atoms with Crippen molar-refractivity contribution in [2.24, 2.45) is 0 Å². The van der Waals surface area contributed by atoms with Crippen LogP contribution >= 0.6 is 11.3 Å². The molecular formula is C11H8N4O2S. The maximum atomic E-state index is 5.36. The largest absolute Gasteiger partial charge is 0.454 e. The Morgan fingerprint density at radius 3 is 3.06 bits per heavy atom. The second kappa shape index (κ2) is 3.42. The van der Waals surface area contributed by atoms with Crippen LogP contribution in [-0.2, 0) is 0 Å². The van der Waals surface area contributed by atoms with E-state index in [2.05, 4.69) is 15.3 Å². The SMILES string of the molecule is Cc1nn2c(-c3ccc4c(c3)OCO4)nnc2s1. The zero-order valence-corrected chi connectivity index (χ0v) is 10.3. The van der Waals surface area contributed by atoms with Gasteiger partial charge in [-0.3, -0.25) is 0 Å². The highest BCUT2D eigenvalue weighted by Gasteiger charge is 2.17. The lowest BCUT2D eigenvalue weighted by Crippen LogP contribution is -1.93. The molecule has 3 heterocycles. The normalized spacial score (nSPS) is 13.4. The molecule has 0 aliphatic carbocycles. The predicted molar refractivity (Wildman–Crippen MR) is 65.0 cm³/mol. The number of nitrogens with zero attached hydrogens (tertiary/aromatic N) is 4. The molecule has 1 aliphatic rings. The average Bonchev–Trinajstić information content (AvgIpc) is 3.01. The summed E-state index contributed by atoms with van der Waals surface area (Å²) in [4.78, 5) is 0.792. The van der Waals surface area contributed by atoms with Crippen molar-refractivity contribution in [1.29, 1.82) is 0 Å². The number of hydrogen-bond acceptors (Lipinski definition) is 6. The Kier molecular flexibility index (Phi) is 1.87. The maximum Gasteiger partial charge on any atom is 0.234 e. The highest BCUT2D eigenvalue weighted by Crippen LogP contribution is 2.35. The lowest BCUT2D eigenvalue weighted by atomic mass is 10.2. The van der Waals surface area contributed by atoms with Crippen LogP contribution in [0.5, 0.6) is 11.5 Å². The molecule has 0 amide bonds. The second-order valence-electron chi connectivity index (χ2n) is 3.91. The number of ether oxygens (including phenoxy) is 2. The van der Waals surface area contributed by atoms with Gasteiger partial charge in [0.1, 0.15) is 5.01 Å². The molecule has 1 aliphatic heterocycles. The Morgan fingerprint density at radius 1 is 1.22 bits per heavy atom. The Hall–Kier alpha value is -2.15. The molecule has 7 heteroatoms. The van der Waals surface area contributed by atoms with E-state index in [0.717, 1.165) is 27.0 Å². The van der Waals surface area contributed by atoms with E-state index in [4.69, 9.17) is 9.47 Å². The van der Waals surface area contributed by atoms with Crippen molar-refractivity contribution in [3.8, 4) is 22.9 Å². The zero-order valence-electron chi connectivity index (χ0n) is 9.45. The van der Waals surface area contributed by atoms with Crippen molar-refractivity contribution in [2.75, 3.05) is 6.79 Å². The van der Waals surface area contributed by atoms with E-state index in [1.165, 1.54) is 11.3 Å². The van der Waals surface area contributed by atoms with Crippen LogP contribution in [0.2, 0.25) is 0 Å². The van der Waals surface area contributed by atoms with Crippen molar-refractivity contribution in [3.63, 3.8) is 0 Å². The average molecular weight is 260 g/mol. The first-order chi connectivity index (χ1) is 8.81. The molecule has 0 saturated heterocycles. The molecule has 0 spiro atoms. The number of rotatable bonds is 1. The van der Waals surface area contributed by atoms with Crippen molar-refractivity contribution < 1.29 is 9.47 Å². The molecule has 2 aromatic heterocycles. The van der Waals surface area contributed by atoms with Gasteiger partial charge in [0.05, 0.1) is 0 Å². The minimum absolute atomic E-state index is 0.268. The lowest BCUT2D eigenvalue weighted by molar-refractivity contribution is 0.174. The first kappa shape index (κ1) is 9.84. The quantitative estimate of drug-likeness (QED) is 0.668. The fraction of sp³-hybridized carbons (Fsp3) is 0.182. The van der Waals surface area contributed by atoms with Gasteiger partial charge in [0.25, 0.3) is 0 Å². The van der Waals surface area contributed by atoms with Gasteiger partial charge in [-0.05, 0) is 25.1 Å². The molecule has 0 radical (unpaired) electrons. The van der Waals surface area contributed by atoms with Gasteiger partial charge in [0, 0.05) is 5.56 Å². The summed E-state index contributed by atoms with van der Waals surface area (Å²) in [6.07, 6.45) is 0. The molecule has 0 N–H and O–H groups in total. The minimum Gasteiger partial charge on any atom is -0.454 e. The van der Waals surface area contributed by atoms with Crippen molar-refractivity contribution in [1.82, 2.24) is 19.8 Å². The highest BCUT2D eigenvalue weighted by atomic mass is 32.1. The van der Waals surface area contributed by atoms with Crippen molar-refractivity contribution in [2.45, 2.75) is 6.92 Å². The second-order valence-corrected chi connectivity index (χ2v) is 5.07. The lowest BCUT2D eigenvalue weighted by Gasteiger charge is -1.99. The van der Waals surface area contributed by atoms with E-state index in [1.54, 1.807) is 4.52 Å². The number of aryl methyl sites for hydroxylation is 1. The van der Waals surface area contributed by atoms with Crippen LogP contribution in [0.15, 0.2) is 18.2 Å². The molecule has 0 bridgehead atoms. The van der Waals surface area contributed by atoms with Crippen molar-refractivity contribution in [3.05, 3.63) is 23.2 Å². The Labute approximate surface area is 106 Å². The highest BCUT2D eigenvalue weighted by molar-refractivity contribution is 7.16. The van der Waals surface area contributed by atoms with Gasteiger partial charge in [-0.25, -0.2) is 0 Å². The molecule has 6 nitrogen and oxygen atoms in total. The van der Waals surface area contributed by atoms with E-state index >= 15 is 0 Å². The third-order valence-corrected chi connectivity index (χ3v) is 3.54. The van der Waals surface area contributed by atoms with Crippen LogP contribution in [0.1, 0.15) is 5.01 Å². The van der Waals surface area contributed by atoms with Gasteiger partial charge >= 0.3 is 0 Å². The molecule has 0 fully saturated rings. The maximum absolute atomic E-state index is 5.36. The van der Waals surface area contributed by atoms with E-state index in [-0.39, 0.29) is 6.79 Å². The molecule has 3 aromatic rings. The van der Waals surface area contributed by atoms with Crippen LogP contribution in [0.3, 0.4) is 0 Å². The number of fused-ring (bicyclic) bond motifs is 2. The van der Waals surface area contributed by atoms with Crippen LogP contribution < -0.4 is 9.47 Å². The molecule has 0 saturated carbocycles. The summed E-state index contributed by atoms with van der Waals surface area (Å²) in [6, 6.07) is 5.70. The van der Waals surface area contributed by atoms with Crippen molar-refractivity contribution >= 4 is 16.3 Å². The zero-order chi connectivity index (χ0) is 12.1. The summed E-state index contributed by atoms with van der Waals surface area (Å²) in [5, 5.41) is 13.6. The van der Waals surface area contributed by atoms with E-state index in [1.807, 2.05) is 25.1 Å². The number of hydrogen-bond donors (Lipinski definition) is 0. The standard InChI is InChI=1S/C11H8N4O2S/c1-6-14-15-10(12-13-11(15)18-6)7-2-3-8-9(4-7)17-5-16-8/h2-4H,5H2,1H3. The summed E-state index contributed by atoms with van der Waals surface area (Å²) in [5.41, 5.74) is 0.914. The first-order valence-electron chi connectivity index (χ1n) is 5.40. The summed E-state index contributed by atoms with van der Waals surface area (Å²) < 4.78 is 12.4.